The second kappa shape index (κ2) is 9.29. The Morgan fingerprint density at radius 1 is 1.25 bits per heavy atom. The molecule has 1 aliphatic rings. The number of rotatable bonds is 7. The van der Waals surface area contributed by atoms with Gasteiger partial charge in [0.15, 0.2) is 11.6 Å². The van der Waals surface area contributed by atoms with Gasteiger partial charge in [-0.05, 0) is 49.8 Å². The number of nitrogens with one attached hydrogen (secondary N) is 1. The minimum Gasteiger partial charge on any atom is -0.356 e. The van der Waals surface area contributed by atoms with Gasteiger partial charge >= 0.3 is 0 Å². The summed E-state index contributed by atoms with van der Waals surface area (Å²) >= 11 is 0. The summed E-state index contributed by atoms with van der Waals surface area (Å²) in [5.74, 6) is -1.69. The fourth-order valence-corrected chi connectivity index (χ4v) is 4.88. The Morgan fingerprint density at radius 2 is 2.06 bits per heavy atom. The van der Waals surface area contributed by atoms with Crippen LogP contribution < -0.4 is 16.2 Å². The van der Waals surface area contributed by atoms with Gasteiger partial charge in [0.2, 0.25) is 0 Å². The van der Waals surface area contributed by atoms with E-state index in [9.17, 15) is 18.4 Å². The van der Waals surface area contributed by atoms with Gasteiger partial charge in [0.1, 0.15) is 17.6 Å². The average Bonchev–Trinajstić information content (AvgIpc) is 3.22. The maximum atomic E-state index is 15.0. The van der Waals surface area contributed by atoms with Crippen LogP contribution in [0.3, 0.4) is 0 Å². The molecule has 3 N–H and O–H groups in total. The number of hydrogen-bond donors (Lipinski definition) is 2. The van der Waals surface area contributed by atoms with E-state index in [1.54, 1.807) is 30.4 Å². The standard InChI is InChI=1S/C26H26F2N6O2/c1-32(5-3-4-29)11-15-6-19-20-13-33(2)26(36)24-23(20)17(9-30-24)12-34(22(19)7-16(15)14-35)25-21(28)8-18(27)10-31-25/h6-10,13-14,30H,3-5,11-12,29H2,1-2H3. The fourth-order valence-electron chi connectivity index (χ4n) is 4.88. The van der Waals surface area contributed by atoms with Crippen LogP contribution in [0.15, 0.2) is 41.6 Å². The highest BCUT2D eigenvalue weighted by Crippen LogP contribution is 2.44. The molecule has 0 spiro atoms. The van der Waals surface area contributed by atoms with Crippen LogP contribution in [-0.2, 0) is 20.1 Å². The van der Waals surface area contributed by atoms with Crippen LogP contribution in [-0.4, -0.2) is 45.9 Å². The third-order valence-corrected chi connectivity index (χ3v) is 6.61. The van der Waals surface area contributed by atoms with Crippen molar-refractivity contribution in [1.82, 2.24) is 19.4 Å². The molecule has 36 heavy (non-hydrogen) atoms. The van der Waals surface area contributed by atoms with E-state index in [-0.39, 0.29) is 17.9 Å². The molecular weight excluding hydrogens is 466 g/mol. The molecule has 0 amide bonds. The Balaban J connectivity index is 1.79. The van der Waals surface area contributed by atoms with Crippen molar-refractivity contribution in [2.45, 2.75) is 19.5 Å². The summed E-state index contributed by atoms with van der Waals surface area (Å²) in [4.78, 5) is 35.8. The molecule has 0 aliphatic carbocycles. The number of carbonyl (C=O) groups excluding carboxylic acids is 1. The second-order valence-corrected chi connectivity index (χ2v) is 9.13. The quantitative estimate of drug-likeness (QED) is 0.384. The van der Waals surface area contributed by atoms with Gasteiger partial charge in [-0.25, -0.2) is 13.8 Å². The molecule has 4 heterocycles. The van der Waals surface area contributed by atoms with Crippen LogP contribution in [0.1, 0.15) is 27.9 Å². The van der Waals surface area contributed by atoms with E-state index in [1.165, 1.54) is 4.57 Å². The molecule has 0 bridgehead atoms. The lowest BCUT2D eigenvalue weighted by molar-refractivity contribution is 0.112. The number of anilines is 2. The third-order valence-electron chi connectivity index (χ3n) is 6.61. The number of aromatic nitrogens is 3. The zero-order chi connectivity index (χ0) is 25.6. The van der Waals surface area contributed by atoms with E-state index >= 15 is 0 Å². The normalized spacial score (nSPS) is 12.8. The molecular formula is C26H26F2N6O2. The van der Waals surface area contributed by atoms with Crippen LogP contribution in [0.4, 0.5) is 20.3 Å². The number of carbonyl (C=O) groups is 1. The van der Waals surface area contributed by atoms with E-state index in [2.05, 4.69) is 14.9 Å². The van der Waals surface area contributed by atoms with Gasteiger partial charge in [-0.15, -0.1) is 0 Å². The van der Waals surface area contributed by atoms with Crippen molar-refractivity contribution in [3.05, 3.63) is 75.5 Å². The van der Waals surface area contributed by atoms with Crippen LogP contribution in [0.2, 0.25) is 0 Å². The SMILES string of the molecule is CN(CCCN)Cc1cc2c(cc1C=O)N(c1ncc(F)cc1F)Cc1c[nH]c3c(=O)n(C)cc-2c13. The van der Waals surface area contributed by atoms with Crippen molar-refractivity contribution in [1.29, 1.82) is 0 Å². The zero-order valence-corrected chi connectivity index (χ0v) is 20.0. The van der Waals surface area contributed by atoms with Gasteiger partial charge in [0, 0.05) is 54.1 Å². The first-order valence-electron chi connectivity index (χ1n) is 11.6. The first-order chi connectivity index (χ1) is 17.3. The number of hydrogen-bond acceptors (Lipinski definition) is 6. The highest BCUT2D eigenvalue weighted by molar-refractivity contribution is 6.03. The molecule has 0 fully saturated rings. The lowest BCUT2D eigenvalue weighted by atomic mass is 9.95. The Labute approximate surface area is 206 Å². The van der Waals surface area contributed by atoms with Crippen molar-refractivity contribution >= 4 is 28.7 Å². The summed E-state index contributed by atoms with van der Waals surface area (Å²) < 4.78 is 30.2. The van der Waals surface area contributed by atoms with Crippen molar-refractivity contribution in [2.24, 2.45) is 12.8 Å². The lowest BCUT2D eigenvalue weighted by Gasteiger charge is -2.26. The molecule has 8 nitrogen and oxygen atoms in total. The molecule has 10 heteroatoms. The summed E-state index contributed by atoms with van der Waals surface area (Å²) in [6, 6.07) is 4.41. The van der Waals surface area contributed by atoms with Gasteiger partial charge in [0.05, 0.1) is 18.4 Å². The van der Waals surface area contributed by atoms with Gasteiger partial charge in [0.25, 0.3) is 5.56 Å². The van der Waals surface area contributed by atoms with Gasteiger partial charge in [-0.3, -0.25) is 9.59 Å². The van der Waals surface area contributed by atoms with E-state index in [4.69, 9.17) is 5.73 Å². The Hall–Kier alpha value is -3.89. The molecule has 1 aromatic carbocycles. The Bertz CT molecular complexity index is 1540. The predicted octanol–water partition coefficient (Wildman–Crippen LogP) is 3.45. The molecule has 0 radical (unpaired) electrons. The molecule has 4 aromatic rings. The number of nitrogens with zero attached hydrogens (tertiary/aromatic N) is 4. The van der Waals surface area contributed by atoms with Gasteiger partial charge in [-0.2, -0.15) is 0 Å². The van der Waals surface area contributed by atoms with Crippen LogP contribution in [0, 0.1) is 11.6 Å². The Morgan fingerprint density at radius 3 is 2.78 bits per heavy atom. The molecule has 3 aromatic heterocycles. The summed E-state index contributed by atoms with van der Waals surface area (Å²) in [7, 11) is 3.62. The highest BCUT2D eigenvalue weighted by Gasteiger charge is 2.29. The number of benzene rings is 1. The minimum atomic E-state index is -0.827. The monoisotopic (exact) mass is 492 g/mol. The summed E-state index contributed by atoms with van der Waals surface area (Å²) in [5, 5.41) is 0.727. The minimum absolute atomic E-state index is 0.0730. The predicted molar refractivity (Wildman–Crippen MR) is 134 cm³/mol. The smallest absolute Gasteiger partial charge is 0.274 e. The van der Waals surface area contributed by atoms with Crippen molar-refractivity contribution in [3.8, 4) is 11.1 Å². The van der Waals surface area contributed by atoms with Crippen molar-refractivity contribution in [2.75, 3.05) is 25.0 Å². The largest absolute Gasteiger partial charge is 0.356 e. The number of aromatic amines is 1. The van der Waals surface area contributed by atoms with Crippen LogP contribution in [0.5, 0.6) is 0 Å². The highest BCUT2D eigenvalue weighted by atomic mass is 19.1. The van der Waals surface area contributed by atoms with Crippen LogP contribution in [0.25, 0.3) is 22.0 Å². The third kappa shape index (κ3) is 3.98. The van der Waals surface area contributed by atoms with Gasteiger partial charge in [-0.1, -0.05) is 0 Å². The number of aldehydes is 1. The van der Waals surface area contributed by atoms with Crippen LogP contribution >= 0.6 is 0 Å². The Kier molecular flexibility index (Phi) is 6.15. The van der Waals surface area contributed by atoms with Crippen molar-refractivity contribution in [3.63, 3.8) is 0 Å². The average molecular weight is 493 g/mol. The number of aryl methyl sites for hydroxylation is 1. The number of nitrogens with two attached hydrogens (primary N) is 1. The van der Waals surface area contributed by atoms with Gasteiger partial charge < -0.3 is 25.1 Å². The molecule has 1 aliphatic heterocycles. The maximum absolute atomic E-state index is 15.0. The lowest BCUT2D eigenvalue weighted by Crippen LogP contribution is -2.23. The summed E-state index contributed by atoms with van der Waals surface area (Å²) in [6.45, 7) is 1.98. The fraction of sp³-hybridized carbons (Fsp3) is 0.269. The number of H-pyrrole nitrogens is 1. The molecule has 0 atom stereocenters. The van der Waals surface area contributed by atoms with E-state index in [0.717, 1.165) is 53.6 Å². The molecule has 186 valence electrons. The first kappa shape index (κ1) is 23.8. The summed E-state index contributed by atoms with van der Waals surface area (Å²) in [6.07, 6.45) is 6.02. The molecule has 0 unspecified atom stereocenters. The molecule has 0 saturated carbocycles. The molecule has 5 rings (SSSR count). The molecule has 0 saturated heterocycles. The summed E-state index contributed by atoms with van der Waals surface area (Å²) in [5.41, 5.74) is 9.93. The van der Waals surface area contributed by atoms with E-state index in [0.29, 0.717) is 35.4 Å². The second-order valence-electron chi connectivity index (χ2n) is 9.13. The number of halogens is 2. The number of fused-ring (bicyclic) bond motifs is 2. The van der Waals surface area contributed by atoms with E-state index < -0.39 is 11.6 Å². The maximum Gasteiger partial charge on any atom is 0.274 e. The zero-order valence-electron chi connectivity index (χ0n) is 20.0. The van der Waals surface area contributed by atoms with E-state index in [1.807, 2.05) is 13.1 Å². The number of pyridine rings is 2. The topological polar surface area (TPSA) is 100 Å². The first-order valence-corrected chi connectivity index (χ1v) is 11.6. The van der Waals surface area contributed by atoms with Crippen molar-refractivity contribution < 1.29 is 13.6 Å².